The molecule has 1 aromatic heterocycles. The third kappa shape index (κ3) is 4.04. The number of halogens is 1. The van der Waals surface area contributed by atoms with E-state index < -0.39 is 0 Å². The van der Waals surface area contributed by atoms with Gasteiger partial charge in [-0.25, -0.2) is 4.98 Å². The summed E-state index contributed by atoms with van der Waals surface area (Å²) in [6, 6.07) is 9.84. The molecule has 0 unspecified atom stereocenters. The lowest BCUT2D eigenvalue weighted by atomic mass is 10.2. The number of aromatic nitrogens is 1. The first-order valence-electron chi connectivity index (χ1n) is 6.28. The van der Waals surface area contributed by atoms with E-state index in [1.807, 2.05) is 43.5 Å². The molecule has 19 heavy (non-hydrogen) atoms. The summed E-state index contributed by atoms with van der Waals surface area (Å²) in [5, 5.41) is 3.26. The fourth-order valence-corrected chi connectivity index (χ4v) is 2.16. The predicted molar refractivity (Wildman–Crippen MR) is 80.6 cm³/mol. The van der Waals surface area contributed by atoms with Crippen molar-refractivity contribution in [2.45, 2.75) is 20.4 Å². The molecule has 0 amide bonds. The molecule has 2 aromatic rings. The Hall–Kier alpha value is -1.39. The Morgan fingerprint density at radius 1 is 1.26 bits per heavy atom. The minimum atomic E-state index is 0.616. The molecule has 0 saturated carbocycles. The summed E-state index contributed by atoms with van der Waals surface area (Å²) < 4.78 is 6.82. The molecule has 1 N–H and O–H groups in total. The van der Waals surface area contributed by atoms with E-state index in [1.54, 1.807) is 0 Å². The van der Waals surface area contributed by atoms with Crippen LogP contribution < -0.4 is 10.1 Å². The van der Waals surface area contributed by atoms with Gasteiger partial charge in [0.2, 0.25) is 5.88 Å². The van der Waals surface area contributed by atoms with Crippen LogP contribution in [0.1, 0.15) is 18.1 Å². The minimum Gasteiger partial charge on any atom is -0.439 e. The lowest BCUT2D eigenvalue weighted by molar-refractivity contribution is 0.459. The van der Waals surface area contributed by atoms with Crippen LogP contribution in [0.2, 0.25) is 0 Å². The molecule has 3 nitrogen and oxygen atoms in total. The van der Waals surface area contributed by atoms with Gasteiger partial charge in [-0.15, -0.1) is 0 Å². The lowest BCUT2D eigenvalue weighted by Crippen LogP contribution is -2.11. The summed E-state index contributed by atoms with van der Waals surface area (Å²) in [5.41, 5.74) is 2.23. The van der Waals surface area contributed by atoms with Crippen LogP contribution in [0.25, 0.3) is 0 Å². The molecule has 2 rings (SSSR count). The van der Waals surface area contributed by atoms with Crippen molar-refractivity contribution in [3.05, 3.63) is 52.1 Å². The van der Waals surface area contributed by atoms with Gasteiger partial charge in [0.15, 0.2) is 0 Å². The molecule has 0 spiro atoms. The van der Waals surface area contributed by atoms with Crippen LogP contribution in [-0.4, -0.2) is 11.5 Å². The average Bonchev–Trinajstić information content (AvgIpc) is 2.41. The van der Waals surface area contributed by atoms with Crippen LogP contribution >= 0.6 is 15.9 Å². The maximum absolute atomic E-state index is 5.77. The van der Waals surface area contributed by atoms with E-state index in [9.17, 15) is 0 Å². The van der Waals surface area contributed by atoms with E-state index in [-0.39, 0.29) is 0 Å². The highest BCUT2D eigenvalue weighted by Crippen LogP contribution is 2.26. The van der Waals surface area contributed by atoms with E-state index >= 15 is 0 Å². The van der Waals surface area contributed by atoms with Crippen LogP contribution in [0.4, 0.5) is 0 Å². The molecule has 0 aliphatic heterocycles. The smallest absolute Gasteiger partial charge is 0.219 e. The molecule has 0 saturated heterocycles. The maximum Gasteiger partial charge on any atom is 0.219 e. The Balaban J connectivity index is 2.06. The van der Waals surface area contributed by atoms with Crippen molar-refractivity contribution in [2.75, 3.05) is 6.54 Å². The third-order valence-corrected chi connectivity index (χ3v) is 3.22. The Morgan fingerprint density at radius 2 is 2.11 bits per heavy atom. The summed E-state index contributed by atoms with van der Waals surface area (Å²) in [5.74, 6) is 1.45. The van der Waals surface area contributed by atoms with Crippen molar-refractivity contribution in [2.24, 2.45) is 0 Å². The van der Waals surface area contributed by atoms with E-state index in [0.717, 1.165) is 34.4 Å². The van der Waals surface area contributed by atoms with Crippen LogP contribution in [0.3, 0.4) is 0 Å². The molecular weight excluding hydrogens is 304 g/mol. The molecule has 0 fully saturated rings. The zero-order valence-electron chi connectivity index (χ0n) is 11.1. The summed E-state index contributed by atoms with van der Waals surface area (Å²) in [6.45, 7) is 5.89. The van der Waals surface area contributed by atoms with Gasteiger partial charge in [0, 0.05) is 23.3 Å². The Labute approximate surface area is 122 Å². The quantitative estimate of drug-likeness (QED) is 0.902. The molecular formula is C15H17BrN2O. The highest BCUT2D eigenvalue weighted by atomic mass is 79.9. The van der Waals surface area contributed by atoms with Gasteiger partial charge in [0.05, 0.1) is 0 Å². The van der Waals surface area contributed by atoms with Gasteiger partial charge in [-0.1, -0.05) is 28.9 Å². The van der Waals surface area contributed by atoms with Crippen molar-refractivity contribution in [3.63, 3.8) is 0 Å². The Kier molecular flexibility index (Phi) is 4.93. The van der Waals surface area contributed by atoms with E-state index in [4.69, 9.17) is 4.74 Å². The number of pyridine rings is 1. The van der Waals surface area contributed by atoms with Gasteiger partial charge < -0.3 is 10.1 Å². The Bertz CT molecular complexity index is 540. The van der Waals surface area contributed by atoms with Gasteiger partial charge in [0.25, 0.3) is 0 Å². The van der Waals surface area contributed by atoms with Crippen molar-refractivity contribution in [1.29, 1.82) is 0 Å². The number of hydrogen-bond acceptors (Lipinski definition) is 3. The van der Waals surface area contributed by atoms with Gasteiger partial charge >= 0.3 is 0 Å². The van der Waals surface area contributed by atoms with Crippen LogP contribution in [0, 0.1) is 6.92 Å². The molecule has 100 valence electrons. The SMILES string of the molecule is CCNCc1ccc(Oc2ccc(Br)cc2C)nc1. The third-order valence-electron chi connectivity index (χ3n) is 2.73. The van der Waals surface area contributed by atoms with Gasteiger partial charge in [-0.05, 0) is 42.8 Å². The highest BCUT2D eigenvalue weighted by Gasteiger charge is 2.03. The summed E-state index contributed by atoms with van der Waals surface area (Å²) in [6.07, 6.45) is 1.84. The number of aryl methyl sites for hydroxylation is 1. The maximum atomic E-state index is 5.77. The van der Waals surface area contributed by atoms with Crippen LogP contribution in [0.15, 0.2) is 41.0 Å². The van der Waals surface area contributed by atoms with Gasteiger partial charge in [-0.3, -0.25) is 0 Å². The summed E-state index contributed by atoms with van der Waals surface area (Å²) >= 11 is 3.44. The van der Waals surface area contributed by atoms with Crippen LogP contribution in [0.5, 0.6) is 11.6 Å². The van der Waals surface area contributed by atoms with Crippen molar-refractivity contribution in [1.82, 2.24) is 10.3 Å². The van der Waals surface area contributed by atoms with Gasteiger partial charge in [0.1, 0.15) is 5.75 Å². The second kappa shape index (κ2) is 6.68. The second-order valence-corrected chi connectivity index (χ2v) is 5.21. The molecule has 0 atom stereocenters. The number of nitrogens with one attached hydrogen (secondary N) is 1. The predicted octanol–water partition coefficient (Wildman–Crippen LogP) is 4.05. The monoisotopic (exact) mass is 320 g/mol. The number of nitrogens with zero attached hydrogens (tertiary/aromatic N) is 1. The normalized spacial score (nSPS) is 10.5. The van der Waals surface area contributed by atoms with E-state index in [2.05, 4.69) is 33.2 Å². The first-order chi connectivity index (χ1) is 9.19. The first-order valence-corrected chi connectivity index (χ1v) is 7.08. The minimum absolute atomic E-state index is 0.616. The fraction of sp³-hybridized carbons (Fsp3) is 0.267. The second-order valence-electron chi connectivity index (χ2n) is 4.30. The zero-order chi connectivity index (χ0) is 13.7. The number of ether oxygens (including phenoxy) is 1. The average molecular weight is 321 g/mol. The standard InChI is InChI=1S/C15H17BrN2O/c1-3-17-9-12-4-7-15(18-10-12)19-14-6-5-13(16)8-11(14)2/h4-8,10,17H,3,9H2,1-2H3. The molecule has 0 bridgehead atoms. The van der Waals surface area contributed by atoms with Crippen molar-refractivity contribution in [3.8, 4) is 11.6 Å². The highest BCUT2D eigenvalue weighted by molar-refractivity contribution is 9.10. The van der Waals surface area contributed by atoms with Gasteiger partial charge in [-0.2, -0.15) is 0 Å². The topological polar surface area (TPSA) is 34.1 Å². The zero-order valence-corrected chi connectivity index (χ0v) is 12.7. The summed E-state index contributed by atoms with van der Waals surface area (Å²) in [4.78, 5) is 4.32. The van der Waals surface area contributed by atoms with Crippen molar-refractivity contribution >= 4 is 15.9 Å². The first kappa shape index (κ1) is 14.0. The lowest BCUT2D eigenvalue weighted by Gasteiger charge is -2.08. The Morgan fingerprint density at radius 3 is 2.74 bits per heavy atom. The molecule has 4 heteroatoms. The van der Waals surface area contributed by atoms with Crippen LogP contribution in [-0.2, 0) is 6.54 Å². The van der Waals surface area contributed by atoms with E-state index in [1.165, 1.54) is 0 Å². The molecule has 1 heterocycles. The fourth-order valence-electron chi connectivity index (χ4n) is 1.69. The largest absolute Gasteiger partial charge is 0.439 e. The molecule has 1 aromatic carbocycles. The molecule has 0 radical (unpaired) electrons. The molecule has 0 aliphatic rings. The van der Waals surface area contributed by atoms with E-state index in [0.29, 0.717) is 5.88 Å². The number of hydrogen-bond donors (Lipinski definition) is 1. The summed E-state index contributed by atoms with van der Waals surface area (Å²) in [7, 11) is 0. The molecule has 0 aliphatic carbocycles. The number of benzene rings is 1. The van der Waals surface area contributed by atoms with Crippen molar-refractivity contribution < 1.29 is 4.74 Å². The number of rotatable bonds is 5.